The van der Waals surface area contributed by atoms with Crippen molar-refractivity contribution in [2.24, 2.45) is 0 Å². The van der Waals surface area contributed by atoms with Gasteiger partial charge in [-0.05, 0) is 61.6 Å². The summed E-state index contributed by atoms with van der Waals surface area (Å²) >= 11 is 12.0. The highest BCUT2D eigenvalue weighted by Gasteiger charge is 2.17. The summed E-state index contributed by atoms with van der Waals surface area (Å²) in [5, 5.41) is 10.6. The molecule has 0 saturated heterocycles. The van der Waals surface area contributed by atoms with Crippen LogP contribution in [0.2, 0.25) is 10.0 Å². The molecule has 3 heteroatoms. The number of aryl methyl sites for hydroxylation is 3. The van der Waals surface area contributed by atoms with Gasteiger partial charge in [0, 0.05) is 0 Å². The lowest BCUT2D eigenvalue weighted by Crippen LogP contribution is -2.05. The van der Waals surface area contributed by atoms with Gasteiger partial charge in [-0.2, -0.15) is 5.26 Å². The van der Waals surface area contributed by atoms with Crippen molar-refractivity contribution in [2.75, 3.05) is 0 Å². The molecule has 2 aromatic carbocycles. The van der Waals surface area contributed by atoms with Gasteiger partial charge in [-0.3, -0.25) is 0 Å². The minimum Gasteiger partial charge on any atom is -0.198 e. The van der Waals surface area contributed by atoms with Crippen molar-refractivity contribution in [2.45, 2.75) is 33.1 Å². The van der Waals surface area contributed by atoms with E-state index >= 15 is 0 Å². The van der Waals surface area contributed by atoms with Crippen molar-refractivity contribution in [1.82, 2.24) is 0 Å². The number of rotatable bonds is 3. The summed E-state index contributed by atoms with van der Waals surface area (Å²) in [5.41, 5.74) is 5.70. The highest BCUT2D eigenvalue weighted by atomic mass is 35.5. The smallest absolute Gasteiger partial charge is 0.0758 e. The van der Waals surface area contributed by atoms with Gasteiger partial charge in [0.15, 0.2) is 0 Å². The molecule has 0 heterocycles. The summed E-state index contributed by atoms with van der Waals surface area (Å²) in [6.45, 7) is 6.20. The monoisotopic (exact) mass is 317 g/mol. The second-order valence-electron chi connectivity index (χ2n) is 5.45. The maximum atomic E-state index is 9.57. The van der Waals surface area contributed by atoms with E-state index in [0.717, 1.165) is 11.1 Å². The number of benzene rings is 2. The van der Waals surface area contributed by atoms with E-state index in [4.69, 9.17) is 23.2 Å². The van der Waals surface area contributed by atoms with Crippen molar-refractivity contribution in [3.8, 4) is 6.07 Å². The minimum absolute atomic E-state index is 0.178. The fourth-order valence-electron chi connectivity index (χ4n) is 2.86. The molecule has 2 aromatic rings. The molecular formula is C18H17Cl2N. The van der Waals surface area contributed by atoms with Gasteiger partial charge in [0.25, 0.3) is 0 Å². The molecular weight excluding hydrogens is 301 g/mol. The Morgan fingerprint density at radius 3 is 2.14 bits per heavy atom. The Kier molecular flexibility index (Phi) is 4.93. The molecule has 1 nitrogen and oxygen atoms in total. The van der Waals surface area contributed by atoms with E-state index in [1.807, 2.05) is 12.1 Å². The van der Waals surface area contributed by atoms with Crippen LogP contribution in [0.5, 0.6) is 0 Å². The van der Waals surface area contributed by atoms with E-state index in [0.29, 0.717) is 16.5 Å². The number of hydrogen-bond acceptors (Lipinski definition) is 1. The van der Waals surface area contributed by atoms with Crippen molar-refractivity contribution in [1.29, 1.82) is 5.26 Å². The molecule has 0 aromatic heterocycles. The minimum atomic E-state index is -0.178. The van der Waals surface area contributed by atoms with Crippen molar-refractivity contribution >= 4 is 23.2 Å². The van der Waals surface area contributed by atoms with Crippen LogP contribution >= 0.6 is 23.2 Å². The third-order valence-corrected chi connectivity index (χ3v) is 4.41. The van der Waals surface area contributed by atoms with Gasteiger partial charge in [0.05, 0.1) is 22.0 Å². The van der Waals surface area contributed by atoms with Gasteiger partial charge < -0.3 is 0 Å². The number of nitrogens with zero attached hydrogens (tertiary/aromatic N) is 1. The van der Waals surface area contributed by atoms with Gasteiger partial charge >= 0.3 is 0 Å². The topological polar surface area (TPSA) is 23.8 Å². The average Bonchev–Trinajstić information content (AvgIpc) is 2.40. The molecule has 0 aliphatic heterocycles. The standard InChI is InChI=1S/C18H17Cl2N/c1-11-6-12(2)18(13(3)7-11)15(10-21)8-14-4-5-16(19)17(20)9-14/h4-7,9,15H,8H2,1-3H3. The second kappa shape index (κ2) is 6.52. The molecule has 0 bridgehead atoms. The average molecular weight is 318 g/mol. The Hall–Kier alpha value is -1.49. The van der Waals surface area contributed by atoms with Gasteiger partial charge in [-0.25, -0.2) is 0 Å². The maximum absolute atomic E-state index is 9.57. The Morgan fingerprint density at radius 1 is 1.00 bits per heavy atom. The highest BCUT2D eigenvalue weighted by molar-refractivity contribution is 6.42. The first-order chi connectivity index (χ1) is 9.92. The van der Waals surface area contributed by atoms with Gasteiger partial charge in [-0.15, -0.1) is 0 Å². The van der Waals surface area contributed by atoms with Crippen LogP contribution in [0.3, 0.4) is 0 Å². The van der Waals surface area contributed by atoms with Crippen molar-refractivity contribution in [3.63, 3.8) is 0 Å². The van der Waals surface area contributed by atoms with E-state index in [-0.39, 0.29) is 5.92 Å². The van der Waals surface area contributed by atoms with Crippen LogP contribution in [-0.4, -0.2) is 0 Å². The molecule has 0 N–H and O–H groups in total. The molecule has 0 aliphatic rings. The van der Waals surface area contributed by atoms with Gasteiger partial charge in [0.1, 0.15) is 0 Å². The summed E-state index contributed by atoms with van der Waals surface area (Å²) in [5.74, 6) is -0.178. The molecule has 0 radical (unpaired) electrons. The Morgan fingerprint density at radius 2 is 1.62 bits per heavy atom. The zero-order valence-corrected chi connectivity index (χ0v) is 13.9. The van der Waals surface area contributed by atoms with E-state index < -0.39 is 0 Å². The summed E-state index contributed by atoms with van der Waals surface area (Å²) in [6, 6.07) is 12.2. The van der Waals surface area contributed by atoms with Gasteiger partial charge in [-0.1, -0.05) is 47.0 Å². The lowest BCUT2D eigenvalue weighted by molar-refractivity contribution is 0.832. The quantitative estimate of drug-likeness (QED) is 0.705. The lowest BCUT2D eigenvalue weighted by atomic mass is 9.86. The van der Waals surface area contributed by atoms with Crippen molar-refractivity contribution < 1.29 is 0 Å². The highest BCUT2D eigenvalue weighted by Crippen LogP contribution is 2.30. The molecule has 21 heavy (non-hydrogen) atoms. The number of hydrogen-bond donors (Lipinski definition) is 0. The van der Waals surface area contributed by atoms with Crippen LogP contribution in [0.15, 0.2) is 30.3 Å². The molecule has 0 aliphatic carbocycles. The Balaban J connectivity index is 2.37. The maximum Gasteiger partial charge on any atom is 0.0758 e. The predicted octanol–water partition coefficient (Wildman–Crippen LogP) is 5.77. The third-order valence-electron chi connectivity index (χ3n) is 3.67. The molecule has 1 atom stereocenters. The normalized spacial score (nSPS) is 12.0. The number of nitriles is 1. The lowest BCUT2D eigenvalue weighted by Gasteiger charge is -2.17. The molecule has 0 fully saturated rings. The largest absolute Gasteiger partial charge is 0.198 e. The third kappa shape index (κ3) is 3.59. The molecule has 1 unspecified atom stereocenters. The van der Waals surface area contributed by atoms with E-state index in [1.165, 1.54) is 16.7 Å². The van der Waals surface area contributed by atoms with E-state index in [2.05, 4.69) is 39.0 Å². The van der Waals surface area contributed by atoms with Crippen LogP contribution < -0.4 is 0 Å². The fraction of sp³-hybridized carbons (Fsp3) is 0.278. The van der Waals surface area contributed by atoms with Crippen LogP contribution in [0.4, 0.5) is 0 Å². The summed E-state index contributed by atoms with van der Waals surface area (Å²) in [7, 11) is 0. The molecule has 2 rings (SSSR count). The first kappa shape index (κ1) is 15.9. The van der Waals surface area contributed by atoms with E-state index in [9.17, 15) is 5.26 Å². The summed E-state index contributed by atoms with van der Waals surface area (Å²) in [6.07, 6.45) is 0.637. The Labute approximate surface area is 136 Å². The molecule has 0 spiro atoms. The van der Waals surface area contributed by atoms with Crippen molar-refractivity contribution in [3.05, 3.63) is 68.2 Å². The molecule has 0 saturated carbocycles. The first-order valence-electron chi connectivity index (χ1n) is 6.83. The fourth-order valence-corrected chi connectivity index (χ4v) is 3.18. The molecule has 0 amide bonds. The number of halogens is 2. The first-order valence-corrected chi connectivity index (χ1v) is 7.59. The summed E-state index contributed by atoms with van der Waals surface area (Å²) in [4.78, 5) is 0. The van der Waals surface area contributed by atoms with Crippen LogP contribution in [-0.2, 0) is 6.42 Å². The molecule has 108 valence electrons. The van der Waals surface area contributed by atoms with Crippen LogP contribution in [0.25, 0.3) is 0 Å². The van der Waals surface area contributed by atoms with Gasteiger partial charge in [0.2, 0.25) is 0 Å². The van der Waals surface area contributed by atoms with Crippen LogP contribution in [0.1, 0.15) is 33.7 Å². The zero-order valence-electron chi connectivity index (χ0n) is 12.4. The summed E-state index contributed by atoms with van der Waals surface area (Å²) < 4.78 is 0. The predicted molar refractivity (Wildman–Crippen MR) is 89.2 cm³/mol. The second-order valence-corrected chi connectivity index (χ2v) is 6.26. The van der Waals surface area contributed by atoms with E-state index in [1.54, 1.807) is 6.07 Å². The Bertz CT molecular complexity index is 691. The van der Waals surface area contributed by atoms with Crippen LogP contribution in [0, 0.1) is 32.1 Å². The zero-order chi connectivity index (χ0) is 15.6. The SMILES string of the molecule is Cc1cc(C)c(C(C#N)Cc2ccc(Cl)c(Cl)c2)c(C)c1.